The Morgan fingerprint density at radius 2 is 1.76 bits per heavy atom. The summed E-state index contributed by atoms with van der Waals surface area (Å²) in [7, 11) is -3.63. The summed E-state index contributed by atoms with van der Waals surface area (Å²) in [4.78, 5) is 0.0646. The van der Waals surface area contributed by atoms with Crippen LogP contribution < -0.4 is 10.0 Å². The SMILES string of the molecule is CC(C)CNS(=O)(=O)c1ccc(Cl)c(CNC(C)C)c1Cl. The summed E-state index contributed by atoms with van der Waals surface area (Å²) in [6, 6.07) is 3.25. The molecule has 120 valence electrons. The zero-order valence-electron chi connectivity index (χ0n) is 12.7. The second kappa shape index (κ2) is 7.79. The maximum atomic E-state index is 12.3. The van der Waals surface area contributed by atoms with Gasteiger partial charge < -0.3 is 5.32 Å². The van der Waals surface area contributed by atoms with Crippen molar-refractivity contribution >= 4 is 33.2 Å². The van der Waals surface area contributed by atoms with Crippen LogP contribution in [0.5, 0.6) is 0 Å². The number of benzene rings is 1. The molecule has 0 saturated heterocycles. The topological polar surface area (TPSA) is 58.2 Å². The van der Waals surface area contributed by atoms with Crippen LogP contribution in [0.2, 0.25) is 10.0 Å². The van der Waals surface area contributed by atoms with Gasteiger partial charge in [-0.1, -0.05) is 50.9 Å². The highest BCUT2D eigenvalue weighted by Crippen LogP contribution is 2.31. The molecule has 7 heteroatoms. The molecule has 0 radical (unpaired) electrons. The number of hydrogen-bond donors (Lipinski definition) is 2. The summed E-state index contributed by atoms with van der Waals surface area (Å²) in [5.74, 6) is 0.216. The van der Waals surface area contributed by atoms with Gasteiger partial charge in [0.1, 0.15) is 4.90 Å². The Morgan fingerprint density at radius 3 is 2.29 bits per heavy atom. The second-order valence-corrected chi connectivity index (χ2v) is 8.14. The first kappa shape index (κ1) is 18.7. The fourth-order valence-electron chi connectivity index (χ4n) is 1.61. The third-order valence-electron chi connectivity index (χ3n) is 2.81. The fourth-order valence-corrected chi connectivity index (χ4v) is 3.73. The van der Waals surface area contributed by atoms with Crippen molar-refractivity contribution in [2.75, 3.05) is 6.54 Å². The molecular weight excluding hydrogens is 331 g/mol. The van der Waals surface area contributed by atoms with E-state index in [1.54, 1.807) is 6.07 Å². The molecule has 0 fully saturated rings. The fraction of sp³-hybridized carbons (Fsp3) is 0.571. The molecule has 0 aliphatic carbocycles. The van der Waals surface area contributed by atoms with Crippen molar-refractivity contribution in [1.82, 2.24) is 10.0 Å². The Hall–Kier alpha value is -0.330. The third kappa shape index (κ3) is 5.42. The minimum atomic E-state index is -3.63. The summed E-state index contributed by atoms with van der Waals surface area (Å²) in [6.07, 6.45) is 0. The first-order valence-electron chi connectivity index (χ1n) is 6.85. The summed E-state index contributed by atoms with van der Waals surface area (Å²) in [5, 5.41) is 3.82. The number of rotatable bonds is 7. The van der Waals surface area contributed by atoms with E-state index in [4.69, 9.17) is 23.2 Å². The first-order valence-corrected chi connectivity index (χ1v) is 9.09. The molecule has 0 aliphatic heterocycles. The van der Waals surface area contributed by atoms with Gasteiger partial charge in [0.2, 0.25) is 10.0 Å². The lowest BCUT2D eigenvalue weighted by molar-refractivity contribution is 0.559. The van der Waals surface area contributed by atoms with E-state index >= 15 is 0 Å². The van der Waals surface area contributed by atoms with Gasteiger partial charge in [0.15, 0.2) is 0 Å². The van der Waals surface area contributed by atoms with Crippen molar-refractivity contribution < 1.29 is 8.42 Å². The number of sulfonamides is 1. The van der Waals surface area contributed by atoms with Crippen LogP contribution in [0.15, 0.2) is 17.0 Å². The maximum Gasteiger partial charge on any atom is 0.242 e. The van der Waals surface area contributed by atoms with Gasteiger partial charge in [-0.05, 0) is 18.1 Å². The van der Waals surface area contributed by atoms with E-state index in [0.29, 0.717) is 23.7 Å². The van der Waals surface area contributed by atoms with E-state index in [1.807, 2.05) is 27.7 Å². The van der Waals surface area contributed by atoms with Crippen LogP contribution in [0.4, 0.5) is 0 Å². The van der Waals surface area contributed by atoms with Crippen LogP contribution in [-0.4, -0.2) is 21.0 Å². The van der Waals surface area contributed by atoms with Gasteiger partial charge in [0, 0.05) is 29.7 Å². The smallest absolute Gasteiger partial charge is 0.242 e. The molecule has 0 bridgehead atoms. The van der Waals surface area contributed by atoms with Crippen LogP contribution in [0.3, 0.4) is 0 Å². The Bertz CT molecular complexity index is 587. The van der Waals surface area contributed by atoms with E-state index in [-0.39, 0.29) is 21.9 Å². The highest BCUT2D eigenvalue weighted by atomic mass is 35.5. The molecule has 0 heterocycles. The summed E-state index contributed by atoms with van der Waals surface area (Å²) in [6.45, 7) is 8.64. The first-order chi connectivity index (χ1) is 9.65. The van der Waals surface area contributed by atoms with Crippen molar-refractivity contribution in [2.24, 2.45) is 5.92 Å². The second-order valence-electron chi connectivity index (χ2n) is 5.62. The Balaban J connectivity index is 3.11. The van der Waals surface area contributed by atoms with Gasteiger partial charge >= 0.3 is 0 Å². The summed E-state index contributed by atoms with van der Waals surface area (Å²) < 4.78 is 27.2. The number of nitrogens with one attached hydrogen (secondary N) is 2. The molecule has 0 aliphatic rings. The standard InChI is InChI=1S/C14H22Cl2N2O2S/c1-9(2)7-18-21(19,20)13-6-5-12(15)11(14(13)16)8-17-10(3)4/h5-6,9-10,17-18H,7-8H2,1-4H3. The lowest BCUT2D eigenvalue weighted by atomic mass is 10.2. The zero-order chi connectivity index (χ0) is 16.2. The van der Waals surface area contributed by atoms with E-state index in [9.17, 15) is 8.42 Å². The molecule has 4 nitrogen and oxygen atoms in total. The molecule has 0 saturated carbocycles. The van der Waals surface area contributed by atoms with Gasteiger partial charge in [0.25, 0.3) is 0 Å². The van der Waals surface area contributed by atoms with Crippen LogP contribution in [0.1, 0.15) is 33.3 Å². The average molecular weight is 353 g/mol. The quantitative estimate of drug-likeness (QED) is 0.790. The number of halogens is 2. The monoisotopic (exact) mass is 352 g/mol. The van der Waals surface area contributed by atoms with Crippen molar-refractivity contribution in [1.29, 1.82) is 0 Å². The van der Waals surface area contributed by atoms with Crippen LogP contribution in [0, 0.1) is 5.92 Å². The molecule has 21 heavy (non-hydrogen) atoms. The van der Waals surface area contributed by atoms with Crippen molar-refractivity contribution in [3.8, 4) is 0 Å². The Labute approximate surface area is 137 Å². The van der Waals surface area contributed by atoms with Crippen LogP contribution in [0.25, 0.3) is 0 Å². The molecule has 0 amide bonds. The zero-order valence-corrected chi connectivity index (χ0v) is 15.0. The van der Waals surface area contributed by atoms with Gasteiger partial charge in [-0.3, -0.25) is 0 Å². The van der Waals surface area contributed by atoms with Crippen molar-refractivity contribution in [2.45, 2.75) is 45.2 Å². The molecule has 1 aromatic carbocycles. The van der Waals surface area contributed by atoms with E-state index in [1.165, 1.54) is 6.07 Å². The van der Waals surface area contributed by atoms with Gasteiger partial charge in [-0.25, -0.2) is 13.1 Å². The van der Waals surface area contributed by atoms with E-state index in [0.717, 1.165) is 0 Å². The Kier molecular flexibility index (Phi) is 6.94. The van der Waals surface area contributed by atoms with Gasteiger partial charge in [-0.2, -0.15) is 0 Å². The number of hydrogen-bond acceptors (Lipinski definition) is 3. The minimum Gasteiger partial charge on any atom is -0.310 e. The highest BCUT2D eigenvalue weighted by Gasteiger charge is 2.21. The maximum absolute atomic E-state index is 12.3. The molecule has 0 atom stereocenters. The predicted molar refractivity (Wildman–Crippen MR) is 88.5 cm³/mol. The molecular formula is C14H22Cl2N2O2S. The third-order valence-corrected chi connectivity index (χ3v) is 5.17. The van der Waals surface area contributed by atoms with Crippen LogP contribution in [-0.2, 0) is 16.6 Å². The molecule has 2 N–H and O–H groups in total. The Morgan fingerprint density at radius 1 is 1.14 bits per heavy atom. The van der Waals surface area contributed by atoms with E-state index in [2.05, 4.69) is 10.0 Å². The summed E-state index contributed by atoms with van der Waals surface area (Å²) in [5.41, 5.74) is 0.597. The minimum absolute atomic E-state index is 0.0646. The molecule has 1 aromatic rings. The largest absolute Gasteiger partial charge is 0.310 e. The normalized spacial score (nSPS) is 12.4. The summed E-state index contributed by atoms with van der Waals surface area (Å²) >= 11 is 12.4. The van der Waals surface area contributed by atoms with Gasteiger partial charge in [-0.15, -0.1) is 0 Å². The molecule has 0 spiro atoms. The highest BCUT2D eigenvalue weighted by molar-refractivity contribution is 7.89. The van der Waals surface area contributed by atoms with E-state index < -0.39 is 10.0 Å². The van der Waals surface area contributed by atoms with Gasteiger partial charge in [0.05, 0.1) is 5.02 Å². The molecule has 0 unspecified atom stereocenters. The van der Waals surface area contributed by atoms with Crippen LogP contribution >= 0.6 is 23.2 Å². The average Bonchev–Trinajstić information content (AvgIpc) is 2.35. The van der Waals surface area contributed by atoms with Crippen molar-refractivity contribution in [3.63, 3.8) is 0 Å². The predicted octanol–water partition coefficient (Wildman–Crippen LogP) is 3.43. The molecule has 1 rings (SSSR count). The van der Waals surface area contributed by atoms with Crippen molar-refractivity contribution in [3.05, 3.63) is 27.7 Å². The lowest BCUT2D eigenvalue weighted by Crippen LogP contribution is -2.28. The molecule has 0 aromatic heterocycles. The lowest BCUT2D eigenvalue weighted by Gasteiger charge is -2.15.